The summed E-state index contributed by atoms with van der Waals surface area (Å²) in [6.07, 6.45) is 3.19. The second-order valence-electron chi connectivity index (χ2n) is 4.98. The van der Waals surface area contributed by atoms with Crippen LogP contribution in [0, 0.1) is 0 Å². The smallest absolute Gasteiger partial charge is 0.207 e. The molecule has 0 amide bonds. The van der Waals surface area contributed by atoms with Crippen LogP contribution in [0.1, 0.15) is 25.7 Å². The maximum absolute atomic E-state index is 12.7. The zero-order valence-electron chi connectivity index (χ0n) is 9.85. The van der Waals surface area contributed by atoms with Gasteiger partial charge in [-0.15, -0.1) is 22.9 Å². The van der Waals surface area contributed by atoms with Crippen LogP contribution in [0.25, 0.3) is 0 Å². The molecule has 2 fully saturated rings. The third-order valence-electron chi connectivity index (χ3n) is 3.79. The van der Waals surface area contributed by atoms with E-state index < -0.39 is 10.0 Å². The van der Waals surface area contributed by atoms with Crippen molar-refractivity contribution < 1.29 is 8.42 Å². The third kappa shape index (κ3) is 2.43. The average molecular weight is 361 g/mol. The van der Waals surface area contributed by atoms with E-state index in [0.29, 0.717) is 17.2 Å². The van der Waals surface area contributed by atoms with Crippen molar-refractivity contribution in [2.24, 2.45) is 0 Å². The molecule has 3 rings (SSSR count). The number of alkyl halides is 1. The van der Waals surface area contributed by atoms with Gasteiger partial charge in [0.25, 0.3) is 0 Å². The monoisotopic (exact) mass is 359 g/mol. The first-order chi connectivity index (χ1) is 8.89. The average Bonchev–Trinajstić information content (AvgIpc) is 2.78. The van der Waals surface area contributed by atoms with Gasteiger partial charge in [-0.2, -0.15) is 4.31 Å². The molecule has 1 aromatic heterocycles. The Balaban J connectivity index is 2.00. The molecule has 0 saturated carbocycles. The van der Waals surface area contributed by atoms with E-state index in [9.17, 15) is 8.42 Å². The molecule has 3 heterocycles. The highest BCUT2D eigenvalue weighted by molar-refractivity contribution is 7.89. The summed E-state index contributed by atoms with van der Waals surface area (Å²) in [5.74, 6) is 0. The Hall–Kier alpha value is 0.480. The van der Waals surface area contributed by atoms with Gasteiger partial charge in [0.2, 0.25) is 10.0 Å². The van der Waals surface area contributed by atoms with Crippen molar-refractivity contribution in [1.29, 1.82) is 0 Å². The number of fused-ring (bicyclic) bond motifs is 2. The van der Waals surface area contributed by atoms with E-state index in [-0.39, 0.29) is 26.7 Å². The molecule has 1 aromatic rings. The number of rotatable bonds is 2. The van der Waals surface area contributed by atoms with Crippen molar-refractivity contribution in [2.45, 2.75) is 48.0 Å². The van der Waals surface area contributed by atoms with Crippen LogP contribution in [-0.4, -0.2) is 30.2 Å². The van der Waals surface area contributed by atoms with Crippen LogP contribution >= 0.6 is 46.1 Å². The molecule has 0 N–H and O–H groups in total. The Bertz CT molecular complexity index is 587. The third-order valence-corrected chi connectivity index (χ3v) is 7.90. The topological polar surface area (TPSA) is 37.4 Å². The molecular formula is C11H12Cl3NO2S2. The molecule has 0 aliphatic carbocycles. The normalized spacial score (nSPS) is 31.8. The Kier molecular flexibility index (Phi) is 3.82. The summed E-state index contributed by atoms with van der Waals surface area (Å²) in [4.78, 5) is 0.133. The summed E-state index contributed by atoms with van der Waals surface area (Å²) in [6, 6.07) is 1.44. The molecule has 0 radical (unpaired) electrons. The molecule has 2 bridgehead atoms. The van der Waals surface area contributed by atoms with Gasteiger partial charge in [-0.1, -0.05) is 23.2 Å². The molecule has 0 aromatic carbocycles. The number of nitrogens with zero attached hydrogens (tertiary/aromatic N) is 1. The quantitative estimate of drug-likeness (QED) is 0.748. The van der Waals surface area contributed by atoms with Gasteiger partial charge in [0.15, 0.2) is 0 Å². The van der Waals surface area contributed by atoms with Crippen LogP contribution in [0.2, 0.25) is 8.67 Å². The lowest BCUT2D eigenvalue weighted by atomic mass is 10.1. The summed E-state index contributed by atoms with van der Waals surface area (Å²) in [6.45, 7) is 0. The number of sulfonamides is 1. The van der Waals surface area contributed by atoms with E-state index in [1.54, 1.807) is 4.31 Å². The Morgan fingerprint density at radius 3 is 2.26 bits per heavy atom. The van der Waals surface area contributed by atoms with E-state index in [4.69, 9.17) is 34.8 Å². The number of piperidine rings is 1. The number of thiophene rings is 1. The van der Waals surface area contributed by atoms with Crippen molar-refractivity contribution in [3.63, 3.8) is 0 Å². The molecule has 2 unspecified atom stereocenters. The fourth-order valence-electron chi connectivity index (χ4n) is 3.07. The van der Waals surface area contributed by atoms with Crippen LogP contribution < -0.4 is 0 Å². The highest BCUT2D eigenvalue weighted by atomic mass is 35.5. The van der Waals surface area contributed by atoms with Gasteiger partial charge in [0.05, 0.1) is 4.34 Å². The molecular weight excluding hydrogens is 349 g/mol. The van der Waals surface area contributed by atoms with Gasteiger partial charge in [-0.05, 0) is 31.7 Å². The predicted octanol–water partition coefficient (Wildman–Crippen LogP) is 3.98. The highest BCUT2D eigenvalue weighted by Gasteiger charge is 2.47. The van der Waals surface area contributed by atoms with Crippen LogP contribution in [0.5, 0.6) is 0 Å². The fourth-order valence-corrected chi connectivity index (χ4v) is 7.49. The number of hydrogen-bond acceptors (Lipinski definition) is 3. The first-order valence-electron chi connectivity index (χ1n) is 6.02. The van der Waals surface area contributed by atoms with Crippen LogP contribution in [-0.2, 0) is 10.0 Å². The maximum atomic E-state index is 12.7. The lowest BCUT2D eigenvalue weighted by Gasteiger charge is -2.35. The van der Waals surface area contributed by atoms with Crippen LogP contribution in [0.15, 0.2) is 11.0 Å². The zero-order valence-corrected chi connectivity index (χ0v) is 13.8. The number of halogens is 3. The molecule has 8 heteroatoms. The van der Waals surface area contributed by atoms with E-state index in [0.717, 1.165) is 24.2 Å². The van der Waals surface area contributed by atoms with E-state index in [1.165, 1.54) is 6.07 Å². The van der Waals surface area contributed by atoms with Crippen molar-refractivity contribution in [3.8, 4) is 0 Å². The summed E-state index contributed by atoms with van der Waals surface area (Å²) in [5.41, 5.74) is 0. The molecule has 106 valence electrons. The van der Waals surface area contributed by atoms with Gasteiger partial charge in [0.1, 0.15) is 9.23 Å². The minimum absolute atomic E-state index is 0.000919. The lowest BCUT2D eigenvalue weighted by molar-refractivity contribution is 0.251. The second kappa shape index (κ2) is 5.04. The summed E-state index contributed by atoms with van der Waals surface area (Å²) < 4.78 is 27.7. The second-order valence-corrected chi connectivity index (χ2v) is 9.69. The fraction of sp³-hybridized carbons (Fsp3) is 0.636. The van der Waals surface area contributed by atoms with Crippen molar-refractivity contribution in [3.05, 3.63) is 14.7 Å². The maximum Gasteiger partial charge on any atom is 0.245 e. The van der Waals surface area contributed by atoms with E-state index in [2.05, 4.69) is 0 Å². The Morgan fingerprint density at radius 1 is 1.21 bits per heavy atom. The standard InChI is InChI=1S/C11H12Cl3NO2S2/c12-6-3-7-1-2-8(4-6)15(7)19(16,17)9-5-10(13)18-11(9)14/h5-8H,1-4H2. The predicted molar refractivity (Wildman–Crippen MR) is 79.0 cm³/mol. The van der Waals surface area contributed by atoms with Gasteiger partial charge in [-0.25, -0.2) is 8.42 Å². The SMILES string of the molecule is O=S(=O)(c1cc(Cl)sc1Cl)N1C2CCC1CC(Cl)C2. The molecule has 2 aliphatic heterocycles. The molecule has 2 aliphatic rings. The van der Waals surface area contributed by atoms with E-state index >= 15 is 0 Å². The summed E-state index contributed by atoms with van der Waals surface area (Å²) in [5, 5.41) is 0.0745. The van der Waals surface area contributed by atoms with Gasteiger partial charge < -0.3 is 0 Å². The first kappa shape index (κ1) is 14.4. The molecule has 19 heavy (non-hydrogen) atoms. The van der Waals surface area contributed by atoms with Gasteiger partial charge in [-0.3, -0.25) is 0 Å². The molecule has 2 saturated heterocycles. The van der Waals surface area contributed by atoms with Crippen molar-refractivity contribution >= 4 is 56.2 Å². The highest BCUT2D eigenvalue weighted by Crippen LogP contribution is 2.44. The molecule has 2 atom stereocenters. The van der Waals surface area contributed by atoms with E-state index in [1.807, 2.05) is 0 Å². The first-order valence-corrected chi connectivity index (χ1v) is 9.47. The minimum Gasteiger partial charge on any atom is -0.207 e. The lowest BCUT2D eigenvalue weighted by Crippen LogP contribution is -2.46. The van der Waals surface area contributed by atoms with Crippen molar-refractivity contribution in [2.75, 3.05) is 0 Å². The molecule has 3 nitrogen and oxygen atoms in total. The summed E-state index contributed by atoms with van der Waals surface area (Å²) >= 11 is 19.1. The Morgan fingerprint density at radius 2 is 1.79 bits per heavy atom. The minimum atomic E-state index is -3.56. The van der Waals surface area contributed by atoms with Crippen LogP contribution in [0.3, 0.4) is 0 Å². The zero-order chi connectivity index (χ0) is 13.8. The largest absolute Gasteiger partial charge is 0.245 e. The molecule has 0 spiro atoms. The van der Waals surface area contributed by atoms with Gasteiger partial charge in [0, 0.05) is 17.5 Å². The number of hydrogen-bond donors (Lipinski definition) is 0. The van der Waals surface area contributed by atoms with Crippen LogP contribution in [0.4, 0.5) is 0 Å². The van der Waals surface area contributed by atoms with Gasteiger partial charge >= 0.3 is 0 Å². The van der Waals surface area contributed by atoms with Crippen molar-refractivity contribution in [1.82, 2.24) is 4.31 Å². The Labute approximate surface area is 131 Å². The summed E-state index contributed by atoms with van der Waals surface area (Å²) in [7, 11) is -3.56.